The first kappa shape index (κ1) is 12.1. The van der Waals surface area contributed by atoms with Crippen molar-refractivity contribution < 1.29 is 4.79 Å². The lowest BCUT2D eigenvalue weighted by molar-refractivity contribution is 0.0931. The van der Waals surface area contributed by atoms with E-state index in [4.69, 9.17) is 11.6 Å². The van der Waals surface area contributed by atoms with Crippen LogP contribution < -0.4 is 5.32 Å². The fourth-order valence-corrected chi connectivity index (χ4v) is 1.66. The molecule has 1 amide bonds. The highest BCUT2D eigenvalue weighted by Gasteiger charge is 2.15. The van der Waals surface area contributed by atoms with Crippen molar-refractivity contribution in [3.8, 4) is 0 Å². The van der Waals surface area contributed by atoms with E-state index < -0.39 is 0 Å². The summed E-state index contributed by atoms with van der Waals surface area (Å²) < 4.78 is 0. The predicted octanol–water partition coefficient (Wildman–Crippen LogP) is 2.68. The summed E-state index contributed by atoms with van der Waals surface area (Å²) in [5.41, 5.74) is 0.674. The van der Waals surface area contributed by atoms with Crippen LogP contribution in [-0.4, -0.2) is 17.8 Å². The zero-order valence-corrected chi connectivity index (χ0v) is 9.79. The molecule has 0 bridgehead atoms. The van der Waals surface area contributed by atoms with Gasteiger partial charge in [0.1, 0.15) is 0 Å². The van der Waals surface area contributed by atoms with Gasteiger partial charge in [-0.2, -0.15) is 0 Å². The lowest BCUT2D eigenvalue weighted by atomic mass is 10.1. The fraction of sp³-hybridized carbons (Fsp3) is 0.417. The van der Waals surface area contributed by atoms with Crippen LogP contribution in [0.25, 0.3) is 0 Å². The maximum Gasteiger partial charge on any atom is 0.251 e. The molecule has 1 unspecified atom stereocenters. The van der Waals surface area contributed by atoms with Crippen molar-refractivity contribution in [2.45, 2.75) is 19.9 Å². The summed E-state index contributed by atoms with van der Waals surface area (Å²) in [6.07, 6.45) is 0. The molecular formula is C12H16ClNO. The van der Waals surface area contributed by atoms with Crippen molar-refractivity contribution in [3.63, 3.8) is 0 Å². The molecule has 1 rings (SSSR count). The SMILES string of the molecule is CC(C)C(CCl)NC(=O)c1ccccc1. The van der Waals surface area contributed by atoms with Crippen LogP contribution in [0.2, 0.25) is 0 Å². The molecule has 82 valence electrons. The third kappa shape index (κ3) is 3.56. The van der Waals surface area contributed by atoms with Crippen LogP contribution in [0.15, 0.2) is 30.3 Å². The topological polar surface area (TPSA) is 29.1 Å². The van der Waals surface area contributed by atoms with Gasteiger partial charge in [-0.25, -0.2) is 0 Å². The second kappa shape index (κ2) is 5.76. The molecule has 1 aromatic rings. The van der Waals surface area contributed by atoms with Crippen LogP contribution in [-0.2, 0) is 0 Å². The number of amides is 1. The molecule has 1 aromatic carbocycles. The summed E-state index contributed by atoms with van der Waals surface area (Å²) in [5, 5.41) is 2.91. The van der Waals surface area contributed by atoms with Crippen LogP contribution in [0.4, 0.5) is 0 Å². The summed E-state index contributed by atoms with van der Waals surface area (Å²) >= 11 is 5.78. The summed E-state index contributed by atoms with van der Waals surface area (Å²) in [7, 11) is 0. The molecule has 0 fully saturated rings. The molecule has 15 heavy (non-hydrogen) atoms. The summed E-state index contributed by atoms with van der Waals surface area (Å²) in [6.45, 7) is 4.08. The van der Waals surface area contributed by atoms with Crippen LogP contribution in [0.3, 0.4) is 0 Å². The maximum absolute atomic E-state index is 11.7. The molecule has 0 saturated heterocycles. The summed E-state index contributed by atoms with van der Waals surface area (Å²) in [5.74, 6) is 0.723. The Morgan fingerprint density at radius 3 is 2.40 bits per heavy atom. The van der Waals surface area contributed by atoms with Crippen LogP contribution >= 0.6 is 11.6 Å². The Balaban J connectivity index is 2.63. The molecule has 3 heteroatoms. The van der Waals surface area contributed by atoms with E-state index in [1.54, 1.807) is 12.1 Å². The molecule has 0 aliphatic carbocycles. The van der Waals surface area contributed by atoms with E-state index >= 15 is 0 Å². The minimum Gasteiger partial charge on any atom is -0.348 e. The van der Waals surface area contributed by atoms with E-state index in [2.05, 4.69) is 5.32 Å². The van der Waals surface area contributed by atoms with Gasteiger partial charge in [0.25, 0.3) is 5.91 Å². The number of carbonyl (C=O) groups is 1. The van der Waals surface area contributed by atoms with Crippen molar-refractivity contribution in [2.24, 2.45) is 5.92 Å². The number of benzene rings is 1. The second-order valence-electron chi connectivity index (χ2n) is 3.84. The molecule has 1 N–H and O–H groups in total. The van der Waals surface area contributed by atoms with Crippen LogP contribution in [0.5, 0.6) is 0 Å². The monoisotopic (exact) mass is 225 g/mol. The second-order valence-corrected chi connectivity index (χ2v) is 4.15. The molecule has 0 aromatic heterocycles. The lowest BCUT2D eigenvalue weighted by Crippen LogP contribution is -2.39. The van der Waals surface area contributed by atoms with E-state index in [9.17, 15) is 4.79 Å². The third-order valence-electron chi connectivity index (χ3n) is 2.32. The molecule has 0 saturated carbocycles. The number of carbonyl (C=O) groups excluding carboxylic acids is 1. The number of hydrogen-bond donors (Lipinski definition) is 1. The lowest BCUT2D eigenvalue weighted by Gasteiger charge is -2.19. The molecule has 1 atom stereocenters. The number of nitrogens with one attached hydrogen (secondary N) is 1. The summed E-state index contributed by atoms with van der Waals surface area (Å²) in [4.78, 5) is 11.7. The highest BCUT2D eigenvalue weighted by Crippen LogP contribution is 2.06. The fourth-order valence-electron chi connectivity index (χ4n) is 1.22. The van der Waals surface area contributed by atoms with Crippen molar-refractivity contribution in [1.82, 2.24) is 5.32 Å². The van der Waals surface area contributed by atoms with Gasteiger partial charge in [0.2, 0.25) is 0 Å². The minimum atomic E-state index is -0.0602. The van der Waals surface area contributed by atoms with Crippen LogP contribution in [0.1, 0.15) is 24.2 Å². The molecule has 0 aliphatic heterocycles. The third-order valence-corrected chi connectivity index (χ3v) is 2.66. The van der Waals surface area contributed by atoms with Crippen molar-refractivity contribution in [3.05, 3.63) is 35.9 Å². The van der Waals surface area contributed by atoms with E-state index in [0.29, 0.717) is 17.4 Å². The number of halogens is 1. The van der Waals surface area contributed by atoms with E-state index in [1.807, 2.05) is 32.0 Å². The summed E-state index contributed by atoms with van der Waals surface area (Å²) in [6, 6.07) is 9.19. The molecule has 0 radical (unpaired) electrons. The Hall–Kier alpha value is -1.02. The van der Waals surface area contributed by atoms with Gasteiger partial charge in [-0.05, 0) is 18.1 Å². The van der Waals surface area contributed by atoms with Gasteiger partial charge in [0.05, 0.1) is 0 Å². The zero-order chi connectivity index (χ0) is 11.3. The van der Waals surface area contributed by atoms with Gasteiger partial charge in [0, 0.05) is 17.5 Å². The Kier molecular flexibility index (Phi) is 4.63. The normalized spacial score (nSPS) is 12.5. The highest BCUT2D eigenvalue weighted by molar-refractivity contribution is 6.18. The first-order chi connectivity index (χ1) is 7.15. The quantitative estimate of drug-likeness (QED) is 0.785. The van der Waals surface area contributed by atoms with Crippen molar-refractivity contribution in [1.29, 1.82) is 0 Å². The van der Waals surface area contributed by atoms with Gasteiger partial charge in [-0.15, -0.1) is 11.6 Å². The average Bonchev–Trinajstić information content (AvgIpc) is 2.26. The minimum absolute atomic E-state index is 0.0272. The highest BCUT2D eigenvalue weighted by atomic mass is 35.5. The van der Waals surface area contributed by atoms with Gasteiger partial charge < -0.3 is 5.32 Å². The number of alkyl halides is 1. The van der Waals surface area contributed by atoms with E-state index in [1.165, 1.54) is 0 Å². The van der Waals surface area contributed by atoms with Crippen molar-refractivity contribution in [2.75, 3.05) is 5.88 Å². The van der Waals surface area contributed by atoms with Crippen molar-refractivity contribution >= 4 is 17.5 Å². The predicted molar refractivity (Wildman–Crippen MR) is 63.3 cm³/mol. The van der Waals surface area contributed by atoms with Gasteiger partial charge in [-0.1, -0.05) is 32.0 Å². The molecule has 2 nitrogen and oxygen atoms in total. The van der Waals surface area contributed by atoms with E-state index in [0.717, 1.165) is 0 Å². The van der Waals surface area contributed by atoms with Gasteiger partial charge >= 0.3 is 0 Å². The Bertz CT molecular complexity index is 311. The Morgan fingerprint density at radius 2 is 1.93 bits per heavy atom. The number of rotatable bonds is 4. The van der Waals surface area contributed by atoms with Gasteiger partial charge in [0.15, 0.2) is 0 Å². The zero-order valence-electron chi connectivity index (χ0n) is 9.03. The first-order valence-corrected chi connectivity index (χ1v) is 5.60. The molecular weight excluding hydrogens is 210 g/mol. The first-order valence-electron chi connectivity index (χ1n) is 5.07. The molecule has 0 heterocycles. The largest absolute Gasteiger partial charge is 0.348 e. The number of hydrogen-bond acceptors (Lipinski definition) is 1. The average molecular weight is 226 g/mol. The maximum atomic E-state index is 11.7. The smallest absolute Gasteiger partial charge is 0.251 e. The Morgan fingerprint density at radius 1 is 1.33 bits per heavy atom. The Labute approximate surface area is 95.6 Å². The van der Waals surface area contributed by atoms with Crippen LogP contribution in [0, 0.1) is 5.92 Å². The molecule has 0 spiro atoms. The van der Waals surface area contributed by atoms with Gasteiger partial charge in [-0.3, -0.25) is 4.79 Å². The van der Waals surface area contributed by atoms with E-state index in [-0.39, 0.29) is 11.9 Å². The standard InChI is InChI=1S/C12H16ClNO/c1-9(2)11(8-13)14-12(15)10-6-4-3-5-7-10/h3-7,9,11H,8H2,1-2H3,(H,14,15). The molecule has 0 aliphatic rings.